The molecular formula is C14H16N4S. The average molecular weight is 272 g/mol. The first-order valence-corrected chi connectivity index (χ1v) is 7.65. The number of aryl methyl sites for hydroxylation is 1. The largest absolute Gasteiger partial charge is 0.318 e. The average Bonchev–Trinajstić information content (AvgIpc) is 3.01. The number of aromatic nitrogens is 3. The summed E-state index contributed by atoms with van der Waals surface area (Å²) in [5.41, 5.74) is 5.97. The number of nitrogens with one attached hydrogen (secondary N) is 1. The van der Waals surface area contributed by atoms with Crippen molar-refractivity contribution in [2.24, 2.45) is 0 Å². The van der Waals surface area contributed by atoms with Crippen LogP contribution in [0.4, 0.5) is 0 Å². The first-order chi connectivity index (χ1) is 9.31. The van der Waals surface area contributed by atoms with Gasteiger partial charge in [0.25, 0.3) is 0 Å². The molecule has 1 aromatic heterocycles. The molecule has 2 aliphatic rings. The van der Waals surface area contributed by atoms with Crippen LogP contribution in [-0.2, 0) is 0 Å². The van der Waals surface area contributed by atoms with Gasteiger partial charge in [-0.15, -0.1) is 10.2 Å². The molecule has 1 aliphatic heterocycles. The van der Waals surface area contributed by atoms with E-state index in [4.69, 9.17) is 0 Å². The normalized spacial score (nSPS) is 24.7. The van der Waals surface area contributed by atoms with Gasteiger partial charge in [-0.05, 0) is 25.8 Å². The Morgan fingerprint density at radius 1 is 1.32 bits per heavy atom. The SMILES string of the molecule is Cc1cccc(-c2nnc3n2NC2CCCC2S3)c1. The minimum absolute atomic E-state index is 0.567. The van der Waals surface area contributed by atoms with Gasteiger partial charge in [0.1, 0.15) is 0 Å². The van der Waals surface area contributed by atoms with Crippen molar-refractivity contribution in [3.05, 3.63) is 29.8 Å². The van der Waals surface area contributed by atoms with Crippen molar-refractivity contribution in [3.8, 4) is 11.4 Å². The lowest BCUT2D eigenvalue weighted by atomic mass is 10.1. The molecule has 19 heavy (non-hydrogen) atoms. The summed E-state index contributed by atoms with van der Waals surface area (Å²) in [4.78, 5) is 0. The molecule has 1 fully saturated rings. The summed E-state index contributed by atoms with van der Waals surface area (Å²) < 4.78 is 2.08. The Morgan fingerprint density at radius 2 is 2.26 bits per heavy atom. The third kappa shape index (κ3) is 1.84. The van der Waals surface area contributed by atoms with E-state index >= 15 is 0 Å². The summed E-state index contributed by atoms with van der Waals surface area (Å²) in [5.74, 6) is 0.927. The lowest BCUT2D eigenvalue weighted by Gasteiger charge is -2.28. The summed E-state index contributed by atoms with van der Waals surface area (Å²) in [6, 6.07) is 8.99. The van der Waals surface area contributed by atoms with E-state index in [0.717, 1.165) is 16.5 Å². The second-order valence-electron chi connectivity index (χ2n) is 5.33. The van der Waals surface area contributed by atoms with Crippen LogP contribution in [0.15, 0.2) is 29.4 Å². The first-order valence-electron chi connectivity index (χ1n) is 6.77. The number of hydrogen-bond acceptors (Lipinski definition) is 4. The van der Waals surface area contributed by atoms with Crippen LogP contribution in [0.1, 0.15) is 24.8 Å². The predicted molar refractivity (Wildman–Crippen MR) is 76.8 cm³/mol. The van der Waals surface area contributed by atoms with E-state index in [2.05, 4.69) is 51.5 Å². The van der Waals surface area contributed by atoms with Crippen molar-refractivity contribution in [1.29, 1.82) is 0 Å². The number of nitrogens with zero attached hydrogens (tertiary/aromatic N) is 3. The van der Waals surface area contributed by atoms with Crippen molar-refractivity contribution < 1.29 is 0 Å². The van der Waals surface area contributed by atoms with Crippen LogP contribution < -0.4 is 5.43 Å². The molecule has 0 amide bonds. The molecule has 98 valence electrons. The van der Waals surface area contributed by atoms with Gasteiger partial charge in [-0.25, -0.2) is 4.68 Å². The standard InChI is InChI=1S/C14H16N4S/c1-9-4-2-5-10(8-9)13-15-16-14-18(13)17-11-6-3-7-12(11)19-14/h2,4-5,8,11-12,17H,3,6-7H2,1H3. The van der Waals surface area contributed by atoms with Crippen molar-refractivity contribution in [3.63, 3.8) is 0 Å². The molecule has 0 bridgehead atoms. The maximum absolute atomic E-state index is 4.37. The van der Waals surface area contributed by atoms with E-state index in [0.29, 0.717) is 11.3 Å². The fourth-order valence-corrected chi connectivity index (χ4v) is 4.20. The zero-order valence-electron chi connectivity index (χ0n) is 10.8. The summed E-state index contributed by atoms with van der Waals surface area (Å²) in [5, 5.41) is 10.4. The van der Waals surface area contributed by atoms with E-state index in [9.17, 15) is 0 Å². The maximum atomic E-state index is 4.37. The lowest BCUT2D eigenvalue weighted by Crippen LogP contribution is -2.37. The van der Waals surface area contributed by atoms with Crippen LogP contribution in [0.3, 0.4) is 0 Å². The zero-order valence-corrected chi connectivity index (χ0v) is 11.7. The molecule has 2 heterocycles. The second kappa shape index (κ2) is 4.27. The number of thioether (sulfide) groups is 1. The summed E-state index contributed by atoms with van der Waals surface area (Å²) in [6.45, 7) is 2.10. The van der Waals surface area contributed by atoms with Crippen LogP contribution in [0.2, 0.25) is 0 Å². The Morgan fingerprint density at radius 3 is 3.16 bits per heavy atom. The Kier molecular flexibility index (Phi) is 2.55. The van der Waals surface area contributed by atoms with Crippen LogP contribution in [0, 0.1) is 6.92 Å². The molecule has 4 rings (SSSR count). The molecular weight excluding hydrogens is 256 g/mol. The van der Waals surface area contributed by atoms with Crippen LogP contribution >= 0.6 is 11.8 Å². The summed E-state index contributed by atoms with van der Waals surface area (Å²) in [6.07, 6.45) is 3.85. The van der Waals surface area contributed by atoms with Gasteiger partial charge in [0.05, 0.1) is 6.04 Å². The van der Waals surface area contributed by atoms with Gasteiger partial charge in [-0.1, -0.05) is 41.9 Å². The summed E-state index contributed by atoms with van der Waals surface area (Å²) in [7, 11) is 0. The fourth-order valence-electron chi connectivity index (χ4n) is 2.95. The molecule has 1 saturated carbocycles. The van der Waals surface area contributed by atoms with Gasteiger partial charge in [0, 0.05) is 10.8 Å². The number of fused-ring (bicyclic) bond motifs is 2. The number of rotatable bonds is 1. The molecule has 0 saturated heterocycles. The highest BCUT2D eigenvalue weighted by Crippen LogP contribution is 2.39. The minimum atomic E-state index is 0.567. The lowest BCUT2D eigenvalue weighted by molar-refractivity contribution is 0.611. The first kappa shape index (κ1) is 11.3. The molecule has 1 aromatic carbocycles. The molecule has 2 atom stereocenters. The van der Waals surface area contributed by atoms with Gasteiger partial charge in [-0.2, -0.15) is 0 Å². The highest BCUT2D eigenvalue weighted by atomic mass is 32.2. The fraction of sp³-hybridized carbons (Fsp3) is 0.429. The van der Waals surface area contributed by atoms with Crippen molar-refractivity contribution in [2.75, 3.05) is 5.43 Å². The van der Waals surface area contributed by atoms with E-state index < -0.39 is 0 Å². The predicted octanol–water partition coefficient (Wildman–Crippen LogP) is 2.82. The van der Waals surface area contributed by atoms with Crippen LogP contribution in [0.25, 0.3) is 11.4 Å². The minimum Gasteiger partial charge on any atom is -0.318 e. The van der Waals surface area contributed by atoms with Crippen molar-refractivity contribution in [1.82, 2.24) is 14.9 Å². The molecule has 0 radical (unpaired) electrons. The summed E-state index contributed by atoms with van der Waals surface area (Å²) >= 11 is 1.87. The van der Waals surface area contributed by atoms with Crippen molar-refractivity contribution >= 4 is 11.8 Å². The third-order valence-electron chi connectivity index (χ3n) is 3.91. The molecule has 2 aromatic rings. The van der Waals surface area contributed by atoms with Gasteiger partial charge < -0.3 is 5.43 Å². The molecule has 5 heteroatoms. The molecule has 0 spiro atoms. The van der Waals surface area contributed by atoms with E-state index in [1.165, 1.54) is 24.8 Å². The number of benzene rings is 1. The Hall–Kier alpha value is -1.49. The van der Waals surface area contributed by atoms with Crippen molar-refractivity contribution in [2.45, 2.75) is 42.6 Å². The molecule has 4 nitrogen and oxygen atoms in total. The smallest absolute Gasteiger partial charge is 0.210 e. The van der Waals surface area contributed by atoms with Crippen LogP contribution in [0.5, 0.6) is 0 Å². The highest BCUT2D eigenvalue weighted by molar-refractivity contribution is 7.99. The van der Waals surface area contributed by atoms with E-state index in [1.54, 1.807) is 0 Å². The second-order valence-corrected chi connectivity index (χ2v) is 6.54. The maximum Gasteiger partial charge on any atom is 0.210 e. The van der Waals surface area contributed by atoms with Crippen LogP contribution in [-0.4, -0.2) is 26.2 Å². The number of hydrogen-bond donors (Lipinski definition) is 1. The van der Waals surface area contributed by atoms with Gasteiger partial charge >= 0.3 is 0 Å². The van der Waals surface area contributed by atoms with E-state index in [1.807, 2.05) is 11.8 Å². The molecule has 2 unspecified atom stereocenters. The third-order valence-corrected chi connectivity index (χ3v) is 5.26. The Bertz CT molecular complexity index is 622. The topological polar surface area (TPSA) is 42.7 Å². The molecule has 1 aliphatic carbocycles. The van der Waals surface area contributed by atoms with Gasteiger partial charge in [0.15, 0.2) is 5.82 Å². The highest BCUT2D eigenvalue weighted by Gasteiger charge is 2.35. The van der Waals surface area contributed by atoms with E-state index in [-0.39, 0.29) is 0 Å². The monoisotopic (exact) mass is 272 g/mol. The Labute approximate surface area is 116 Å². The quantitative estimate of drug-likeness (QED) is 0.867. The molecule has 1 N–H and O–H groups in total. The zero-order chi connectivity index (χ0) is 12.8. The van der Waals surface area contributed by atoms with Gasteiger partial charge in [0.2, 0.25) is 5.16 Å². The Balaban J connectivity index is 1.76. The van der Waals surface area contributed by atoms with Gasteiger partial charge in [-0.3, -0.25) is 0 Å².